The lowest BCUT2D eigenvalue weighted by Gasteiger charge is -2.59. The number of hydrogen-bond donors (Lipinski definition) is 2. The van der Waals surface area contributed by atoms with Gasteiger partial charge in [-0.1, -0.05) is 32.3 Å². The topological polar surface area (TPSA) is 84.9 Å². The predicted octanol–water partition coefficient (Wildman–Crippen LogP) is 3.93. The zero-order chi connectivity index (χ0) is 20.4. The van der Waals surface area contributed by atoms with Crippen LogP contribution in [-0.4, -0.2) is 36.4 Å². The lowest BCUT2D eigenvalue weighted by atomic mass is 9.45. The molecule has 1 unspecified atom stereocenters. The molecule has 3 saturated carbocycles. The molecule has 0 heterocycles. The van der Waals surface area contributed by atoms with Crippen molar-refractivity contribution < 1.29 is 14.7 Å². The molecule has 3 N–H and O–H groups in total. The monoisotopic (exact) mass is 392 g/mol. The van der Waals surface area contributed by atoms with Crippen LogP contribution >= 0.6 is 0 Å². The van der Waals surface area contributed by atoms with Crippen molar-refractivity contribution in [3.05, 3.63) is 0 Å². The average molecular weight is 393 g/mol. The standard InChI is InChI=1S/C23H40N2O3/c1-4-9-22(2)10-7-19-18(21(22)27)6-5-17-14-20(26)16(15-23(17,19)3)8-12-25-28-13-11-24/h12,16-20,26H,4-11,13-15,24H2,1-3H3/b25-12+/t16?,17-,18-,19+,20-,22+,23+/m1/s1. The fourth-order valence-electron chi connectivity index (χ4n) is 6.83. The molecule has 3 rings (SSSR count). The van der Waals surface area contributed by atoms with Crippen LogP contribution in [0.5, 0.6) is 0 Å². The highest BCUT2D eigenvalue weighted by atomic mass is 16.6. The van der Waals surface area contributed by atoms with Crippen LogP contribution in [0.15, 0.2) is 5.16 Å². The Kier molecular flexibility index (Phi) is 6.86. The first-order chi connectivity index (χ1) is 13.4. The summed E-state index contributed by atoms with van der Waals surface area (Å²) < 4.78 is 0. The van der Waals surface area contributed by atoms with Crippen LogP contribution < -0.4 is 5.73 Å². The van der Waals surface area contributed by atoms with Gasteiger partial charge >= 0.3 is 0 Å². The lowest BCUT2D eigenvalue weighted by molar-refractivity contribution is -0.157. The summed E-state index contributed by atoms with van der Waals surface area (Å²) in [5.74, 6) is 1.97. The smallest absolute Gasteiger partial charge is 0.142 e. The van der Waals surface area contributed by atoms with Gasteiger partial charge in [-0.2, -0.15) is 0 Å². The first-order valence-electron chi connectivity index (χ1n) is 11.4. The maximum absolute atomic E-state index is 13.4. The van der Waals surface area contributed by atoms with Crippen LogP contribution in [0.25, 0.3) is 0 Å². The van der Waals surface area contributed by atoms with E-state index in [9.17, 15) is 9.90 Å². The second-order valence-corrected chi connectivity index (χ2v) is 10.1. The normalized spacial score (nSPS) is 43.6. The summed E-state index contributed by atoms with van der Waals surface area (Å²) >= 11 is 0. The Morgan fingerprint density at radius 2 is 2.11 bits per heavy atom. The third-order valence-electron chi connectivity index (χ3n) is 8.37. The van der Waals surface area contributed by atoms with Crippen LogP contribution in [0.2, 0.25) is 0 Å². The summed E-state index contributed by atoms with van der Waals surface area (Å²) in [6, 6.07) is 0. The number of ketones is 1. The van der Waals surface area contributed by atoms with Crippen LogP contribution in [0.4, 0.5) is 0 Å². The zero-order valence-corrected chi connectivity index (χ0v) is 18.0. The number of carbonyl (C=O) groups is 1. The minimum atomic E-state index is -0.278. The van der Waals surface area contributed by atoms with Crippen molar-refractivity contribution in [1.82, 2.24) is 0 Å². The molecular weight excluding hydrogens is 352 g/mol. The number of oxime groups is 1. The van der Waals surface area contributed by atoms with Crippen LogP contribution in [-0.2, 0) is 9.63 Å². The van der Waals surface area contributed by atoms with E-state index in [4.69, 9.17) is 10.6 Å². The molecule has 28 heavy (non-hydrogen) atoms. The molecule has 5 heteroatoms. The van der Waals surface area contributed by atoms with Gasteiger partial charge in [0.05, 0.1) is 6.10 Å². The van der Waals surface area contributed by atoms with E-state index in [2.05, 4.69) is 25.9 Å². The van der Waals surface area contributed by atoms with Gasteiger partial charge in [0.25, 0.3) is 0 Å². The summed E-state index contributed by atoms with van der Waals surface area (Å²) in [5.41, 5.74) is 5.45. The Balaban J connectivity index is 1.72. The van der Waals surface area contributed by atoms with Crippen LogP contribution in [0.3, 0.4) is 0 Å². The van der Waals surface area contributed by atoms with Gasteiger partial charge in [-0.15, -0.1) is 0 Å². The van der Waals surface area contributed by atoms with Crippen LogP contribution in [0.1, 0.15) is 78.6 Å². The van der Waals surface area contributed by atoms with E-state index in [1.807, 2.05) is 0 Å². The van der Waals surface area contributed by atoms with Crippen molar-refractivity contribution in [2.24, 2.45) is 45.4 Å². The molecule has 3 aliphatic rings. The summed E-state index contributed by atoms with van der Waals surface area (Å²) in [7, 11) is 0. The van der Waals surface area contributed by atoms with Gasteiger partial charge in [-0.25, -0.2) is 0 Å². The Morgan fingerprint density at radius 1 is 1.32 bits per heavy atom. The maximum Gasteiger partial charge on any atom is 0.142 e. The number of hydrogen-bond acceptors (Lipinski definition) is 5. The van der Waals surface area contributed by atoms with Gasteiger partial charge in [-0.05, 0) is 74.5 Å². The fraction of sp³-hybridized carbons (Fsp3) is 0.913. The Bertz CT molecular complexity index is 580. The van der Waals surface area contributed by atoms with Gasteiger partial charge in [-0.3, -0.25) is 4.79 Å². The van der Waals surface area contributed by atoms with Gasteiger partial charge in [0.15, 0.2) is 0 Å². The van der Waals surface area contributed by atoms with Gasteiger partial charge < -0.3 is 15.7 Å². The van der Waals surface area contributed by atoms with E-state index >= 15 is 0 Å². The number of nitrogens with two attached hydrogens (primary N) is 1. The van der Waals surface area contributed by atoms with Crippen molar-refractivity contribution in [3.63, 3.8) is 0 Å². The first-order valence-corrected chi connectivity index (χ1v) is 11.4. The number of nitrogens with zero attached hydrogens (tertiary/aromatic N) is 1. The van der Waals surface area contributed by atoms with Gasteiger partial charge in [0.2, 0.25) is 0 Å². The molecule has 0 amide bonds. The molecule has 0 spiro atoms. The van der Waals surface area contributed by atoms with Gasteiger partial charge in [0.1, 0.15) is 12.4 Å². The second kappa shape index (κ2) is 8.83. The zero-order valence-electron chi connectivity index (χ0n) is 18.0. The van der Waals surface area contributed by atoms with Crippen molar-refractivity contribution in [3.8, 4) is 0 Å². The van der Waals surface area contributed by atoms with E-state index in [1.54, 1.807) is 6.21 Å². The molecule has 3 aliphatic carbocycles. The highest BCUT2D eigenvalue weighted by molar-refractivity contribution is 5.88. The molecule has 0 radical (unpaired) electrons. The number of carbonyl (C=O) groups excluding carboxylic acids is 1. The van der Waals surface area contributed by atoms with E-state index in [1.165, 1.54) is 0 Å². The molecule has 0 saturated heterocycles. The maximum atomic E-state index is 13.4. The molecule has 3 fully saturated rings. The Labute approximate surface area is 170 Å². The molecule has 7 atom stereocenters. The third kappa shape index (κ3) is 4.02. The predicted molar refractivity (Wildman–Crippen MR) is 112 cm³/mol. The van der Waals surface area contributed by atoms with Crippen molar-refractivity contribution in [2.45, 2.75) is 84.7 Å². The average Bonchev–Trinajstić information content (AvgIpc) is 2.66. The van der Waals surface area contributed by atoms with Crippen molar-refractivity contribution in [2.75, 3.05) is 13.2 Å². The van der Waals surface area contributed by atoms with Crippen molar-refractivity contribution >= 4 is 12.0 Å². The molecule has 0 aromatic rings. The number of aliphatic hydroxyl groups excluding tert-OH is 1. The van der Waals surface area contributed by atoms with Crippen LogP contribution in [0, 0.1) is 34.5 Å². The molecule has 0 bridgehead atoms. The fourth-order valence-corrected chi connectivity index (χ4v) is 6.83. The quantitative estimate of drug-likeness (QED) is 0.391. The largest absolute Gasteiger partial charge is 0.395 e. The molecule has 0 aliphatic heterocycles. The summed E-state index contributed by atoms with van der Waals surface area (Å²) in [6.45, 7) is 7.68. The summed E-state index contributed by atoms with van der Waals surface area (Å²) in [4.78, 5) is 18.5. The molecular formula is C23H40N2O3. The summed E-state index contributed by atoms with van der Waals surface area (Å²) in [6.07, 6.45) is 10.5. The van der Waals surface area contributed by atoms with E-state index in [0.717, 1.165) is 57.8 Å². The van der Waals surface area contributed by atoms with Gasteiger partial charge in [0, 0.05) is 24.1 Å². The second-order valence-electron chi connectivity index (χ2n) is 10.1. The van der Waals surface area contributed by atoms with Crippen molar-refractivity contribution in [1.29, 1.82) is 0 Å². The third-order valence-corrected chi connectivity index (χ3v) is 8.37. The minimum Gasteiger partial charge on any atom is -0.395 e. The molecule has 0 aromatic carbocycles. The molecule has 5 nitrogen and oxygen atoms in total. The SMILES string of the molecule is CCC[C@@]1(C)CC[C@H]2[C@@H](CC[C@@H]3C[C@@H](O)C(C/C=N/OCCN)C[C@@]32C)C1=O. The lowest BCUT2D eigenvalue weighted by Crippen LogP contribution is -2.56. The first kappa shape index (κ1) is 21.8. The highest BCUT2D eigenvalue weighted by Crippen LogP contribution is 2.61. The number of Topliss-reactive ketones (excluding diaryl/α,β-unsaturated/α-hetero) is 1. The number of aliphatic hydroxyl groups is 1. The Hall–Kier alpha value is -0.940. The highest BCUT2D eigenvalue weighted by Gasteiger charge is 2.57. The Morgan fingerprint density at radius 3 is 2.82 bits per heavy atom. The van der Waals surface area contributed by atoms with E-state index < -0.39 is 0 Å². The molecule has 160 valence electrons. The number of rotatable bonds is 7. The minimum absolute atomic E-state index is 0.111. The molecule has 0 aromatic heterocycles. The summed E-state index contributed by atoms with van der Waals surface area (Å²) in [5, 5.41) is 14.7. The van der Waals surface area contributed by atoms with E-state index in [-0.39, 0.29) is 28.8 Å². The van der Waals surface area contributed by atoms with E-state index in [0.29, 0.717) is 30.8 Å². The number of fused-ring (bicyclic) bond motifs is 3.